The summed E-state index contributed by atoms with van der Waals surface area (Å²) in [6, 6.07) is 8.93. The van der Waals surface area contributed by atoms with Crippen molar-refractivity contribution in [2.45, 2.75) is 45.6 Å². The maximum atomic E-state index is 4.88. The minimum Gasteiger partial charge on any atom is -0.303 e. The van der Waals surface area contributed by atoms with Crippen molar-refractivity contribution in [3.63, 3.8) is 0 Å². The molecular formula is C23H30N4. The lowest BCUT2D eigenvalue weighted by atomic mass is 10.1. The standard InChI is InChI=1S/C23H30N4/c1-18-16-24-22(17-26-13-6-7-14-26)27-21-9-3-2-8-19(21)20(23(18)27)10-15-25-11-4-5-12-25/h2-3,8-9,16H,4-7,10-15,17H2,1H3. The van der Waals surface area contributed by atoms with Crippen LogP contribution in [0.25, 0.3) is 16.4 Å². The van der Waals surface area contributed by atoms with E-state index < -0.39 is 0 Å². The maximum absolute atomic E-state index is 4.88. The summed E-state index contributed by atoms with van der Waals surface area (Å²) in [6.07, 6.45) is 8.59. The van der Waals surface area contributed by atoms with E-state index >= 15 is 0 Å². The number of rotatable bonds is 5. The van der Waals surface area contributed by atoms with Gasteiger partial charge in [-0.3, -0.25) is 9.30 Å². The Labute approximate surface area is 161 Å². The Morgan fingerprint density at radius 1 is 0.926 bits per heavy atom. The maximum Gasteiger partial charge on any atom is 0.127 e. The second kappa shape index (κ2) is 7.25. The van der Waals surface area contributed by atoms with Gasteiger partial charge in [-0.05, 0) is 82.4 Å². The molecule has 2 fully saturated rings. The molecule has 2 saturated heterocycles. The van der Waals surface area contributed by atoms with E-state index in [1.54, 1.807) is 0 Å². The Bertz CT molecular complexity index is 946. The summed E-state index contributed by atoms with van der Waals surface area (Å²) in [7, 11) is 0. The Balaban J connectivity index is 1.61. The molecule has 0 N–H and O–H groups in total. The Kier molecular flexibility index (Phi) is 4.62. The zero-order chi connectivity index (χ0) is 18.2. The number of aromatic nitrogens is 2. The number of para-hydroxylation sites is 1. The van der Waals surface area contributed by atoms with Gasteiger partial charge in [-0.15, -0.1) is 0 Å². The van der Waals surface area contributed by atoms with Crippen molar-refractivity contribution >= 4 is 16.4 Å². The van der Waals surface area contributed by atoms with Crippen molar-refractivity contribution in [1.82, 2.24) is 19.2 Å². The highest BCUT2D eigenvalue weighted by atomic mass is 15.2. The fourth-order valence-electron chi connectivity index (χ4n) is 5.06. The second-order valence-corrected chi connectivity index (χ2v) is 8.32. The summed E-state index contributed by atoms with van der Waals surface area (Å²) in [5.74, 6) is 1.20. The third-order valence-corrected chi connectivity index (χ3v) is 6.46. The Morgan fingerprint density at radius 2 is 1.63 bits per heavy atom. The number of fused-ring (bicyclic) bond motifs is 3. The first-order valence-electron chi connectivity index (χ1n) is 10.6. The van der Waals surface area contributed by atoms with Crippen LogP contribution >= 0.6 is 0 Å². The predicted molar refractivity (Wildman–Crippen MR) is 111 cm³/mol. The molecule has 0 aliphatic carbocycles. The summed E-state index contributed by atoms with van der Waals surface area (Å²) < 4.78 is 2.46. The molecule has 27 heavy (non-hydrogen) atoms. The second-order valence-electron chi connectivity index (χ2n) is 8.32. The van der Waals surface area contributed by atoms with Gasteiger partial charge in [0.25, 0.3) is 0 Å². The van der Waals surface area contributed by atoms with E-state index in [9.17, 15) is 0 Å². The van der Waals surface area contributed by atoms with E-state index in [-0.39, 0.29) is 0 Å². The quantitative estimate of drug-likeness (QED) is 0.685. The van der Waals surface area contributed by atoms with Crippen LogP contribution in [0.1, 0.15) is 42.6 Å². The van der Waals surface area contributed by atoms with Gasteiger partial charge >= 0.3 is 0 Å². The van der Waals surface area contributed by atoms with Crippen LogP contribution in [0.4, 0.5) is 0 Å². The van der Waals surface area contributed by atoms with Crippen LogP contribution in [0.15, 0.2) is 30.5 Å². The molecule has 5 rings (SSSR count). The molecule has 2 aliphatic rings. The highest BCUT2D eigenvalue weighted by molar-refractivity contribution is 5.93. The SMILES string of the molecule is Cc1cnc(CN2CCCC2)n2c1c(CCN1CCCC1)c1ccccc12. The van der Waals surface area contributed by atoms with Crippen LogP contribution < -0.4 is 0 Å². The topological polar surface area (TPSA) is 23.8 Å². The molecule has 0 spiro atoms. The number of aryl methyl sites for hydroxylation is 1. The summed E-state index contributed by atoms with van der Waals surface area (Å²) in [4.78, 5) is 10.1. The third-order valence-electron chi connectivity index (χ3n) is 6.46. The van der Waals surface area contributed by atoms with E-state index in [1.165, 1.54) is 91.8 Å². The largest absolute Gasteiger partial charge is 0.303 e. The zero-order valence-corrected chi connectivity index (χ0v) is 16.5. The van der Waals surface area contributed by atoms with E-state index in [0.29, 0.717) is 0 Å². The van der Waals surface area contributed by atoms with Gasteiger partial charge in [-0.1, -0.05) is 18.2 Å². The molecule has 4 heteroatoms. The molecule has 2 aliphatic heterocycles. The van der Waals surface area contributed by atoms with Crippen LogP contribution in [0.3, 0.4) is 0 Å². The summed E-state index contributed by atoms with van der Waals surface area (Å²) in [6.45, 7) is 9.30. The number of benzene rings is 1. The molecule has 0 radical (unpaired) electrons. The van der Waals surface area contributed by atoms with E-state index in [2.05, 4.69) is 51.6 Å². The Hall–Kier alpha value is -1.91. The molecule has 2 aromatic heterocycles. The van der Waals surface area contributed by atoms with Gasteiger partial charge < -0.3 is 4.90 Å². The lowest BCUT2D eigenvalue weighted by molar-refractivity contribution is 0.321. The van der Waals surface area contributed by atoms with Gasteiger partial charge in [-0.2, -0.15) is 0 Å². The van der Waals surface area contributed by atoms with E-state index in [1.807, 2.05) is 0 Å². The molecule has 0 amide bonds. The zero-order valence-electron chi connectivity index (χ0n) is 16.5. The van der Waals surface area contributed by atoms with Gasteiger partial charge in [0.15, 0.2) is 0 Å². The van der Waals surface area contributed by atoms with Gasteiger partial charge in [0.05, 0.1) is 17.6 Å². The predicted octanol–water partition coefficient (Wildman–Crippen LogP) is 4.03. The summed E-state index contributed by atoms with van der Waals surface area (Å²) in [5.41, 5.74) is 5.54. The van der Waals surface area contributed by atoms with Crippen molar-refractivity contribution in [2.75, 3.05) is 32.7 Å². The normalized spacial score (nSPS) is 19.0. The van der Waals surface area contributed by atoms with E-state index in [0.717, 1.165) is 13.0 Å². The van der Waals surface area contributed by atoms with Crippen LogP contribution in [-0.4, -0.2) is 51.9 Å². The molecule has 3 aromatic rings. The average molecular weight is 363 g/mol. The molecule has 142 valence electrons. The van der Waals surface area contributed by atoms with Crippen LogP contribution in [0.5, 0.6) is 0 Å². The first-order valence-corrected chi connectivity index (χ1v) is 10.6. The monoisotopic (exact) mass is 362 g/mol. The van der Waals surface area contributed by atoms with Crippen molar-refractivity contribution in [3.05, 3.63) is 47.4 Å². The lowest BCUT2D eigenvalue weighted by Crippen LogP contribution is -2.22. The number of hydrogen-bond acceptors (Lipinski definition) is 3. The number of likely N-dealkylation sites (tertiary alicyclic amines) is 2. The van der Waals surface area contributed by atoms with Crippen molar-refractivity contribution < 1.29 is 0 Å². The highest BCUT2D eigenvalue weighted by Crippen LogP contribution is 2.31. The molecule has 0 unspecified atom stereocenters. The molecule has 0 bridgehead atoms. The Morgan fingerprint density at radius 3 is 2.41 bits per heavy atom. The molecule has 4 nitrogen and oxygen atoms in total. The fraction of sp³-hybridized carbons (Fsp3) is 0.522. The summed E-state index contributed by atoms with van der Waals surface area (Å²) in [5, 5.41) is 1.41. The highest BCUT2D eigenvalue weighted by Gasteiger charge is 2.20. The summed E-state index contributed by atoms with van der Waals surface area (Å²) >= 11 is 0. The van der Waals surface area contributed by atoms with Gasteiger partial charge in [-0.25, -0.2) is 4.98 Å². The number of hydrogen-bond donors (Lipinski definition) is 0. The van der Waals surface area contributed by atoms with Crippen LogP contribution in [0, 0.1) is 6.92 Å². The first-order chi connectivity index (χ1) is 13.3. The van der Waals surface area contributed by atoms with Crippen LogP contribution in [0.2, 0.25) is 0 Å². The third kappa shape index (κ3) is 3.15. The minimum atomic E-state index is 0.959. The average Bonchev–Trinajstić information content (AvgIpc) is 3.43. The lowest BCUT2D eigenvalue weighted by Gasteiger charge is -2.17. The molecule has 4 heterocycles. The van der Waals surface area contributed by atoms with E-state index in [4.69, 9.17) is 4.98 Å². The van der Waals surface area contributed by atoms with Gasteiger partial charge in [0, 0.05) is 18.1 Å². The van der Waals surface area contributed by atoms with Crippen molar-refractivity contribution in [3.8, 4) is 0 Å². The molecule has 1 aromatic carbocycles. The van der Waals surface area contributed by atoms with Crippen molar-refractivity contribution in [1.29, 1.82) is 0 Å². The first kappa shape index (κ1) is 17.2. The van der Waals surface area contributed by atoms with Gasteiger partial charge in [0.1, 0.15) is 5.82 Å². The number of nitrogens with zero attached hydrogens (tertiary/aromatic N) is 4. The molecular weight excluding hydrogens is 332 g/mol. The minimum absolute atomic E-state index is 0.959. The molecule has 0 saturated carbocycles. The van der Waals surface area contributed by atoms with Crippen molar-refractivity contribution in [2.24, 2.45) is 0 Å². The molecule has 0 atom stereocenters. The fourth-order valence-corrected chi connectivity index (χ4v) is 5.06. The van der Waals surface area contributed by atoms with Crippen LogP contribution in [-0.2, 0) is 13.0 Å². The van der Waals surface area contributed by atoms with Gasteiger partial charge in [0.2, 0.25) is 0 Å². The smallest absolute Gasteiger partial charge is 0.127 e.